The fourth-order valence-electron chi connectivity index (χ4n) is 1.34. The summed E-state index contributed by atoms with van der Waals surface area (Å²) in [6.07, 6.45) is 0.546. The smallest absolute Gasteiger partial charge is 0.407 e. The number of hydrogen-bond donors (Lipinski definition) is 2. The van der Waals surface area contributed by atoms with E-state index < -0.39 is 5.60 Å². The van der Waals surface area contributed by atoms with Crippen molar-refractivity contribution in [3.63, 3.8) is 0 Å². The molecule has 0 fully saturated rings. The lowest BCUT2D eigenvalue weighted by molar-refractivity contribution is 0.0501. The lowest BCUT2D eigenvalue weighted by atomic mass is 10.1. The second-order valence-electron chi connectivity index (χ2n) is 6.19. The van der Waals surface area contributed by atoms with Crippen molar-refractivity contribution in [3.05, 3.63) is 0 Å². The van der Waals surface area contributed by atoms with Crippen LogP contribution in [0.25, 0.3) is 0 Å². The quantitative estimate of drug-likeness (QED) is 0.770. The Morgan fingerprint density at radius 2 is 1.78 bits per heavy atom. The Bertz CT molecular complexity index is 247. The molecule has 4 nitrogen and oxygen atoms in total. The Morgan fingerprint density at radius 3 is 2.17 bits per heavy atom. The van der Waals surface area contributed by atoms with Crippen molar-refractivity contribution in [2.24, 2.45) is 5.92 Å². The van der Waals surface area contributed by atoms with E-state index in [1.165, 1.54) is 0 Å². The number of amides is 1. The fourth-order valence-corrected chi connectivity index (χ4v) is 1.34. The van der Waals surface area contributed by atoms with Gasteiger partial charge in [-0.3, -0.25) is 0 Å². The van der Waals surface area contributed by atoms with Crippen LogP contribution in [0.5, 0.6) is 0 Å². The summed E-state index contributed by atoms with van der Waals surface area (Å²) in [6.45, 7) is 15.0. The summed E-state index contributed by atoms with van der Waals surface area (Å²) >= 11 is 0. The molecule has 0 bridgehead atoms. The van der Waals surface area contributed by atoms with Gasteiger partial charge in [0.1, 0.15) is 5.60 Å². The van der Waals surface area contributed by atoms with Gasteiger partial charge in [-0.25, -0.2) is 4.79 Å². The zero-order valence-corrected chi connectivity index (χ0v) is 13.0. The minimum atomic E-state index is -0.443. The molecule has 2 atom stereocenters. The van der Waals surface area contributed by atoms with Gasteiger partial charge in [0.15, 0.2) is 0 Å². The van der Waals surface area contributed by atoms with E-state index in [2.05, 4.69) is 38.3 Å². The molecule has 2 N–H and O–H groups in total. The van der Waals surface area contributed by atoms with Crippen molar-refractivity contribution >= 4 is 6.09 Å². The van der Waals surface area contributed by atoms with E-state index in [9.17, 15) is 4.79 Å². The maximum Gasteiger partial charge on any atom is 0.407 e. The highest BCUT2D eigenvalue weighted by atomic mass is 16.6. The molecule has 1 amide bonds. The van der Waals surface area contributed by atoms with Gasteiger partial charge in [-0.15, -0.1) is 0 Å². The fraction of sp³-hybridized carbons (Fsp3) is 0.929. The SMILES string of the molecule is CCC(CNC(C)C(C)C)NC(=O)OC(C)(C)C. The Labute approximate surface area is 112 Å². The van der Waals surface area contributed by atoms with E-state index in [4.69, 9.17) is 4.74 Å². The van der Waals surface area contributed by atoms with Crippen LogP contribution in [0, 0.1) is 5.92 Å². The van der Waals surface area contributed by atoms with Crippen molar-refractivity contribution < 1.29 is 9.53 Å². The summed E-state index contributed by atoms with van der Waals surface area (Å²) in [5, 5.41) is 6.32. The summed E-state index contributed by atoms with van der Waals surface area (Å²) in [6, 6.07) is 0.556. The molecule has 0 aromatic carbocycles. The standard InChI is InChI=1S/C14H30N2O2/c1-8-12(9-15-11(4)10(2)3)16-13(17)18-14(5,6)7/h10-12,15H,8-9H2,1-7H3,(H,16,17). The average Bonchev–Trinajstić information content (AvgIpc) is 2.20. The first-order chi connectivity index (χ1) is 8.15. The third-order valence-corrected chi connectivity index (χ3v) is 2.90. The predicted molar refractivity (Wildman–Crippen MR) is 75.8 cm³/mol. The predicted octanol–water partition coefficient (Wildman–Crippen LogP) is 2.92. The van der Waals surface area contributed by atoms with E-state index in [1.54, 1.807) is 0 Å². The van der Waals surface area contributed by atoms with Gasteiger partial charge in [-0.2, -0.15) is 0 Å². The van der Waals surface area contributed by atoms with Gasteiger partial charge < -0.3 is 15.4 Å². The summed E-state index contributed by atoms with van der Waals surface area (Å²) in [7, 11) is 0. The van der Waals surface area contributed by atoms with E-state index >= 15 is 0 Å². The van der Waals surface area contributed by atoms with Crippen LogP contribution < -0.4 is 10.6 Å². The van der Waals surface area contributed by atoms with Gasteiger partial charge in [0.2, 0.25) is 0 Å². The van der Waals surface area contributed by atoms with E-state index in [0.717, 1.165) is 13.0 Å². The average molecular weight is 258 g/mol. The number of carbonyl (C=O) groups is 1. The maximum atomic E-state index is 11.6. The largest absolute Gasteiger partial charge is 0.444 e. The molecule has 0 aliphatic heterocycles. The monoisotopic (exact) mass is 258 g/mol. The number of ether oxygens (including phenoxy) is 1. The molecule has 0 saturated carbocycles. The highest BCUT2D eigenvalue weighted by molar-refractivity contribution is 5.68. The van der Waals surface area contributed by atoms with Gasteiger partial charge in [-0.1, -0.05) is 20.8 Å². The van der Waals surface area contributed by atoms with Crippen LogP contribution >= 0.6 is 0 Å². The number of alkyl carbamates (subject to hydrolysis) is 1. The molecule has 108 valence electrons. The van der Waals surface area contributed by atoms with Crippen LogP contribution in [0.3, 0.4) is 0 Å². The molecule has 0 aliphatic carbocycles. The second kappa shape index (κ2) is 7.62. The van der Waals surface area contributed by atoms with Crippen molar-refractivity contribution in [2.75, 3.05) is 6.54 Å². The Hall–Kier alpha value is -0.770. The minimum absolute atomic E-state index is 0.112. The third kappa shape index (κ3) is 8.34. The van der Waals surface area contributed by atoms with Crippen LogP contribution in [0.1, 0.15) is 54.9 Å². The zero-order valence-electron chi connectivity index (χ0n) is 13.0. The molecule has 2 unspecified atom stereocenters. The van der Waals surface area contributed by atoms with E-state index in [-0.39, 0.29) is 12.1 Å². The van der Waals surface area contributed by atoms with Gasteiger partial charge >= 0.3 is 6.09 Å². The van der Waals surface area contributed by atoms with Crippen LogP contribution in [0.15, 0.2) is 0 Å². The number of hydrogen-bond acceptors (Lipinski definition) is 3. The van der Waals surface area contributed by atoms with Crippen LogP contribution in [0.2, 0.25) is 0 Å². The number of rotatable bonds is 6. The van der Waals surface area contributed by atoms with Gasteiger partial charge in [0.25, 0.3) is 0 Å². The maximum absolute atomic E-state index is 11.6. The zero-order chi connectivity index (χ0) is 14.3. The lowest BCUT2D eigenvalue weighted by Crippen LogP contribution is -2.46. The molecule has 0 radical (unpaired) electrons. The molecule has 0 spiro atoms. The summed E-state index contributed by atoms with van der Waals surface area (Å²) in [4.78, 5) is 11.6. The van der Waals surface area contributed by atoms with Crippen molar-refractivity contribution in [1.82, 2.24) is 10.6 Å². The van der Waals surface area contributed by atoms with Gasteiger partial charge in [0, 0.05) is 18.6 Å². The Morgan fingerprint density at radius 1 is 1.22 bits per heavy atom. The van der Waals surface area contributed by atoms with Gasteiger partial charge in [-0.05, 0) is 40.0 Å². The summed E-state index contributed by atoms with van der Waals surface area (Å²) in [5.41, 5.74) is -0.443. The first-order valence-corrected chi connectivity index (χ1v) is 6.88. The van der Waals surface area contributed by atoms with Crippen molar-refractivity contribution in [1.29, 1.82) is 0 Å². The molecule has 0 aliphatic rings. The highest BCUT2D eigenvalue weighted by Crippen LogP contribution is 2.07. The van der Waals surface area contributed by atoms with Crippen LogP contribution in [-0.2, 0) is 4.74 Å². The molecule has 18 heavy (non-hydrogen) atoms. The van der Waals surface area contributed by atoms with Gasteiger partial charge in [0.05, 0.1) is 0 Å². The summed E-state index contributed by atoms with van der Waals surface area (Å²) < 4.78 is 5.25. The molecule has 4 heteroatoms. The second-order valence-corrected chi connectivity index (χ2v) is 6.19. The molecule has 0 rings (SSSR count). The molecule has 0 aromatic heterocycles. The first-order valence-electron chi connectivity index (χ1n) is 6.88. The number of nitrogens with one attached hydrogen (secondary N) is 2. The first kappa shape index (κ1) is 17.2. The molecular weight excluding hydrogens is 228 g/mol. The lowest BCUT2D eigenvalue weighted by Gasteiger charge is -2.25. The van der Waals surface area contributed by atoms with Crippen molar-refractivity contribution in [2.45, 2.75) is 72.6 Å². The Kier molecular flexibility index (Phi) is 7.29. The molecule has 0 aromatic rings. The Balaban J connectivity index is 4.08. The number of carbonyl (C=O) groups excluding carboxylic acids is 1. The molecule has 0 saturated heterocycles. The summed E-state index contributed by atoms with van der Waals surface area (Å²) in [5.74, 6) is 0.587. The normalized spacial score (nSPS) is 15.3. The highest BCUT2D eigenvalue weighted by Gasteiger charge is 2.19. The van der Waals surface area contributed by atoms with Crippen molar-refractivity contribution in [3.8, 4) is 0 Å². The molecule has 0 heterocycles. The van der Waals surface area contributed by atoms with Crippen LogP contribution in [0.4, 0.5) is 4.79 Å². The van der Waals surface area contributed by atoms with Crippen LogP contribution in [-0.4, -0.2) is 30.3 Å². The van der Waals surface area contributed by atoms with E-state index in [0.29, 0.717) is 12.0 Å². The topological polar surface area (TPSA) is 50.4 Å². The van der Waals surface area contributed by atoms with E-state index in [1.807, 2.05) is 20.8 Å². The minimum Gasteiger partial charge on any atom is -0.444 e. The third-order valence-electron chi connectivity index (χ3n) is 2.90. The molecular formula is C14H30N2O2.